The molecule has 0 bridgehead atoms. The van der Waals surface area contributed by atoms with Crippen LogP contribution in [-0.4, -0.2) is 14.3 Å². The molecule has 0 fully saturated rings. The fraction of sp³-hybridized carbons (Fsp3) is 0.0385. The van der Waals surface area contributed by atoms with E-state index in [1.165, 1.54) is 42.1 Å². The predicted octanol–water partition coefficient (Wildman–Crippen LogP) is 6.75. The predicted molar refractivity (Wildman–Crippen MR) is 139 cm³/mol. The van der Waals surface area contributed by atoms with Crippen LogP contribution in [0.25, 0.3) is 0 Å². The molecule has 0 aliphatic rings. The van der Waals surface area contributed by atoms with Crippen molar-refractivity contribution in [3.8, 4) is 0 Å². The van der Waals surface area contributed by atoms with Crippen LogP contribution in [0, 0.1) is 5.82 Å². The molecule has 35 heavy (non-hydrogen) atoms. The molecular weight excluding hydrogens is 507 g/mol. The Morgan fingerprint density at radius 1 is 0.829 bits per heavy atom. The fourth-order valence-electron chi connectivity index (χ4n) is 3.23. The number of hydrogen-bond donors (Lipinski definition) is 2. The number of halogens is 2. The molecule has 1 amide bonds. The lowest BCUT2D eigenvalue weighted by atomic mass is 10.1. The van der Waals surface area contributed by atoms with Crippen molar-refractivity contribution < 1.29 is 17.6 Å². The van der Waals surface area contributed by atoms with Crippen LogP contribution in [0.5, 0.6) is 0 Å². The van der Waals surface area contributed by atoms with Gasteiger partial charge in [0.2, 0.25) is 5.91 Å². The molecule has 4 rings (SSSR count). The van der Waals surface area contributed by atoms with Gasteiger partial charge in [-0.25, -0.2) is 12.8 Å². The summed E-state index contributed by atoms with van der Waals surface area (Å²) in [6.07, 6.45) is 0. The van der Waals surface area contributed by atoms with Gasteiger partial charge in [0, 0.05) is 16.3 Å². The van der Waals surface area contributed by atoms with Crippen LogP contribution < -0.4 is 10.0 Å². The molecule has 0 aromatic heterocycles. The molecule has 0 aliphatic carbocycles. The van der Waals surface area contributed by atoms with Gasteiger partial charge in [0.05, 0.1) is 9.92 Å². The van der Waals surface area contributed by atoms with E-state index in [1.807, 2.05) is 30.3 Å². The number of carbonyl (C=O) groups excluding carboxylic acids is 1. The number of nitrogens with one attached hydrogen (secondary N) is 2. The summed E-state index contributed by atoms with van der Waals surface area (Å²) in [5, 5.41) is 2.09. The maximum absolute atomic E-state index is 13.5. The zero-order valence-corrected chi connectivity index (χ0v) is 20.6. The molecular formula is C26H20ClFN2O3S2. The van der Waals surface area contributed by atoms with Crippen LogP contribution in [0.4, 0.5) is 15.8 Å². The summed E-state index contributed by atoms with van der Waals surface area (Å²) in [6, 6.07) is 28.1. The SMILES string of the molecule is O=C(Nc1ccc(F)c(Cl)c1)C(Sc1ccc(NS(=O)(=O)c2ccccc2)cc1)c1ccccc1. The highest BCUT2D eigenvalue weighted by molar-refractivity contribution is 8.00. The smallest absolute Gasteiger partial charge is 0.261 e. The highest BCUT2D eigenvalue weighted by Crippen LogP contribution is 2.37. The van der Waals surface area contributed by atoms with Crippen LogP contribution in [0.3, 0.4) is 0 Å². The summed E-state index contributed by atoms with van der Waals surface area (Å²) in [5.41, 5.74) is 1.56. The van der Waals surface area contributed by atoms with Gasteiger partial charge in [0.25, 0.3) is 10.0 Å². The van der Waals surface area contributed by atoms with Crippen LogP contribution in [-0.2, 0) is 14.8 Å². The summed E-state index contributed by atoms with van der Waals surface area (Å²) < 4.78 is 41.2. The van der Waals surface area contributed by atoms with E-state index in [2.05, 4.69) is 10.0 Å². The zero-order valence-electron chi connectivity index (χ0n) is 18.2. The van der Waals surface area contributed by atoms with Gasteiger partial charge >= 0.3 is 0 Å². The third kappa shape index (κ3) is 6.42. The Balaban J connectivity index is 1.52. The number of benzene rings is 4. The standard InChI is InChI=1S/C26H20ClFN2O3S2/c27-23-17-20(13-16-24(23)28)29-26(31)25(18-7-3-1-4-8-18)34-21-14-11-19(12-15-21)30-35(32,33)22-9-5-2-6-10-22/h1-17,25,30H,(H,29,31). The summed E-state index contributed by atoms with van der Waals surface area (Å²) in [4.78, 5) is 14.1. The largest absolute Gasteiger partial charge is 0.325 e. The molecule has 1 atom stereocenters. The lowest BCUT2D eigenvalue weighted by molar-refractivity contribution is -0.115. The Bertz CT molecular complexity index is 1420. The number of anilines is 2. The van der Waals surface area contributed by atoms with Crippen molar-refractivity contribution >= 4 is 50.7 Å². The number of rotatable bonds is 8. The Morgan fingerprint density at radius 2 is 1.43 bits per heavy atom. The van der Waals surface area contributed by atoms with E-state index < -0.39 is 21.1 Å². The van der Waals surface area contributed by atoms with Crippen molar-refractivity contribution in [2.24, 2.45) is 0 Å². The first-order valence-corrected chi connectivity index (χ1v) is 13.2. The number of hydrogen-bond acceptors (Lipinski definition) is 4. The van der Waals surface area contributed by atoms with E-state index in [0.717, 1.165) is 10.5 Å². The highest BCUT2D eigenvalue weighted by Gasteiger charge is 2.23. The summed E-state index contributed by atoms with van der Waals surface area (Å²) in [5.74, 6) is -0.876. The van der Waals surface area contributed by atoms with E-state index >= 15 is 0 Å². The Hall–Kier alpha value is -3.33. The second kappa shape index (κ2) is 10.9. The van der Waals surface area contributed by atoms with Crippen LogP contribution >= 0.6 is 23.4 Å². The van der Waals surface area contributed by atoms with E-state index in [9.17, 15) is 17.6 Å². The molecule has 0 radical (unpaired) electrons. The first-order valence-electron chi connectivity index (χ1n) is 10.5. The van der Waals surface area contributed by atoms with Gasteiger partial charge in [0.1, 0.15) is 11.1 Å². The van der Waals surface area contributed by atoms with Gasteiger partial charge < -0.3 is 5.32 Å². The van der Waals surface area contributed by atoms with E-state index in [4.69, 9.17) is 11.6 Å². The quantitative estimate of drug-likeness (QED) is 0.249. The maximum atomic E-state index is 13.5. The molecule has 0 heterocycles. The number of thioether (sulfide) groups is 1. The van der Waals surface area contributed by atoms with Crippen molar-refractivity contribution in [3.05, 3.63) is 120 Å². The van der Waals surface area contributed by atoms with Crippen molar-refractivity contribution in [1.29, 1.82) is 0 Å². The summed E-state index contributed by atoms with van der Waals surface area (Å²) >= 11 is 7.15. The second-order valence-corrected chi connectivity index (χ2v) is 10.7. The summed E-state index contributed by atoms with van der Waals surface area (Å²) in [7, 11) is -3.71. The third-order valence-corrected chi connectivity index (χ3v) is 7.89. The highest BCUT2D eigenvalue weighted by atomic mass is 35.5. The van der Waals surface area contributed by atoms with Gasteiger partial charge in [-0.2, -0.15) is 0 Å². The lowest BCUT2D eigenvalue weighted by Gasteiger charge is -2.18. The molecule has 4 aromatic rings. The Kier molecular flexibility index (Phi) is 7.75. The third-order valence-electron chi connectivity index (χ3n) is 4.94. The van der Waals surface area contributed by atoms with Gasteiger partial charge in [-0.1, -0.05) is 60.1 Å². The van der Waals surface area contributed by atoms with Gasteiger partial charge in [0.15, 0.2) is 0 Å². The molecule has 178 valence electrons. The monoisotopic (exact) mass is 526 g/mol. The van der Waals surface area contributed by atoms with Gasteiger partial charge in [-0.05, 0) is 60.2 Å². The molecule has 0 spiro atoms. The number of amides is 1. The average molecular weight is 527 g/mol. The van der Waals surface area contributed by atoms with Gasteiger partial charge in [-0.15, -0.1) is 11.8 Å². The summed E-state index contributed by atoms with van der Waals surface area (Å²) in [6.45, 7) is 0. The van der Waals surface area contributed by atoms with E-state index in [0.29, 0.717) is 11.4 Å². The van der Waals surface area contributed by atoms with Crippen molar-refractivity contribution in [2.45, 2.75) is 15.0 Å². The normalized spacial score (nSPS) is 12.1. The first kappa shape index (κ1) is 24.8. The van der Waals surface area contributed by atoms with Crippen molar-refractivity contribution in [1.82, 2.24) is 0 Å². The van der Waals surface area contributed by atoms with Crippen LogP contribution in [0.2, 0.25) is 5.02 Å². The maximum Gasteiger partial charge on any atom is 0.261 e. The minimum atomic E-state index is -3.71. The van der Waals surface area contributed by atoms with Crippen LogP contribution in [0.1, 0.15) is 10.8 Å². The average Bonchev–Trinajstić information content (AvgIpc) is 2.86. The first-order chi connectivity index (χ1) is 16.8. The number of sulfonamides is 1. The number of carbonyl (C=O) groups is 1. The molecule has 4 aromatic carbocycles. The minimum Gasteiger partial charge on any atom is -0.325 e. The molecule has 5 nitrogen and oxygen atoms in total. The molecule has 0 saturated carbocycles. The minimum absolute atomic E-state index is 0.0831. The fourth-order valence-corrected chi connectivity index (χ4v) is 5.52. The molecule has 9 heteroatoms. The van der Waals surface area contributed by atoms with Crippen LogP contribution in [0.15, 0.2) is 113 Å². The zero-order chi connectivity index (χ0) is 24.8. The molecule has 1 unspecified atom stereocenters. The lowest BCUT2D eigenvalue weighted by Crippen LogP contribution is -2.19. The van der Waals surface area contributed by atoms with Crippen molar-refractivity contribution in [3.63, 3.8) is 0 Å². The van der Waals surface area contributed by atoms with Crippen molar-refractivity contribution in [2.75, 3.05) is 10.0 Å². The molecule has 2 N–H and O–H groups in total. The topological polar surface area (TPSA) is 75.3 Å². The Morgan fingerprint density at radius 3 is 2.06 bits per heavy atom. The van der Waals surface area contributed by atoms with E-state index in [-0.39, 0.29) is 15.8 Å². The van der Waals surface area contributed by atoms with E-state index in [1.54, 1.807) is 42.5 Å². The van der Waals surface area contributed by atoms with Gasteiger partial charge in [-0.3, -0.25) is 9.52 Å². The second-order valence-electron chi connectivity index (χ2n) is 7.47. The Labute approximate surface area is 212 Å². The molecule has 0 aliphatic heterocycles. The molecule has 0 saturated heterocycles.